The van der Waals surface area contributed by atoms with Crippen molar-refractivity contribution in [1.29, 1.82) is 0 Å². The van der Waals surface area contributed by atoms with Gasteiger partial charge in [-0.05, 0) is 70.0 Å². The molecule has 3 rings (SSSR count). The van der Waals surface area contributed by atoms with Gasteiger partial charge in [-0.3, -0.25) is 13.9 Å². The minimum atomic E-state index is -4.27. The molecular weight excluding hydrogens is 545 g/mol. The highest BCUT2D eigenvalue weighted by Crippen LogP contribution is 2.34. The van der Waals surface area contributed by atoms with E-state index in [-0.39, 0.29) is 34.5 Å². The van der Waals surface area contributed by atoms with Crippen LogP contribution < -0.4 is 14.4 Å². The van der Waals surface area contributed by atoms with Crippen LogP contribution in [-0.4, -0.2) is 50.9 Å². The highest BCUT2D eigenvalue weighted by atomic mass is 32.2. The van der Waals surface area contributed by atoms with Crippen LogP contribution in [0.2, 0.25) is 0 Å². The molecular formula is C31H38FN3O5S. The van der Waals surface area contributed by atoms with E-state index in [1.807, 2.05) is 20.8 Å². The predicted molar refractivity (Wildman–Crippen MR) is 158 cm³/mol. The Bertz CT molecular complexity index is 1480. The van der Waals surface area contributed by atoms with Crippen LogP contribution in [0.1, 0.15) is 43.9 Å². The number of carbonyl (C=O) groups excluding carboxylic acids is 2. The third-order valence-electron chi connectivity index (χ3n) is 6.96. The quantitative estimate of drug-likeness (QED) is 0.325. The molecule has 3 aromatic rings. The van der Waals surface area contributed by atoms with Crippen LogP contribution in [0.4, 0.5) is 10.1 Å². The van der Waals surface area contributed by atoms with Gasteiger partial charge in [0, 0.05) is 18.2 Å². The maximum Gasteiger partial charge on any atom is 0.264 e. The molecule has 0 aromatic heterocycles. The topological polar surface area (TPSA) is 96.0 Å². The van der Waals surface area contributed by atoms with E-state index in [1.54, 1.807) is 50.2 Å². The van der Waals surface area contributed by atoms with Gasteiger partial charge in [-0.1, -0.05) is 48.9 Å². The van der Waals surface area contributed by atoms with E-state index in [0.29, 0.717) is 6.42 Å². The van der Waals surface area contributed by atoms with Crippen molar-refractivity contribution in [3.8, 4) is 5.75 Å². The van der Waals surface area contributed by atoms with Gasteiger partial charge < -0.3 is 15.0 Å². The van der Waals surface area contributed by atoms with E-state index in [9.17, 15) is 22.4 Å². The summed E-state index contributed by atoms with van der Waals surface area (Å²) in [7, 11) is -2.85. The first-order valence-corrected chi connectivity index (χ1v) is 14.9. The van der Waals surface area contributed by atoms with Crippen LogP contribution in [0, 0.1) is 19.7 Å². The van der Waals surface area contributed by atoms with Crippen molar-refractivity contribution in [3.63, 3.8) is 0 Å². The summed E-state index contributed by atoms with van der Waals surface area (Å²) in [5, 5.41) is 2.86. The number of aryl methyl sites for hydroxylation is 2. The maximum absolute atomic E-state index is 14.7. The first-order valence-electron chi connectivity index (χ1n) is 13.5. The molecule has 0 fully saturated rings. The van der Waals surface area contributed by atoms with Gasteiger partial charge in [-0.25, -0.2) is 12.8 Å². The normalized spacial score (nSPS) is 12.8. The minimum Gasteiger partial charge on any atom is -0.495 e. The number of nitrogens with zero attached hydrogens (tertiary/aromatic N) is 2. The molecule has 220 valence electrons. The lowest BCUT2D eigenvalue weighted by Crippen LogP contribution is -2.52. The van der Waals surface area contributed by atoms with Crippen LogP contribution in [0.3, 0.4) is 0 Å². The largest absolute Gasteiger partial charge is 0.495 e. The molecule has 0 radical (unpaired) electrons. The Balaban J connectivity index is 2.11. The number of rotatable bonds is 12. The number of nitrogens with one attached hydrogen (secondary N) is 1. The number of halogens is 1. The molecule has 0 unspecified atom stereocenters. The summed E-state index contributed by atoms with van der Waals surface area (Å²) >= 11 is 0. The number of anilines is 1. The zero-order chi connectivity index (χ0) is 30.3. The number of amides is 2. The molecule has 2 amide bonds. The lowest BCUT2D eigenvalue weighted by atomic mass is 10.1. The van der Waals surface area contributed by atoms with E-state index >= 15 is 0 Å². The highest BCUT2D eigenvalue weighted by molar-refractivity contribution is 7.92. The molecule has 41 heavy (non-hydrogen) atoms. The average molecular weight is 584 g/mol. The summed E-state index contributed by atoms with van der Waals surface area (Å²) in [5.41, 5.74) is 1.99. The highest BCUT2D eigenvalue weighted by Gasteiger charge is 2.34. The smallest absolute Gasteiger partial charge is 0.264 e. The van der Waals surface area contributed by atoms with Crippen molar-refractivity contribution < 1.29 is 27.1 Å². The summed E-state index contributed by atoms with van der Waals surface area (Å²) in [5.74, 6) is -1.39. The van der Waals surface area contributed by atoms with Gasteiger partial charge in [0.15, 0.2) is 0 Å². The Morgan fingerprint density at radius 3 is 2.22 bits per heavy atom. The van der Waals surface area contributed by atoms with Gasteiger partial charge in [-0.2, -0.15) is 0 Å². The van der Waals surface area contributed by atoms with E-state index < -0.39 is 40.2 Å². The second-order valence-electron chi connectivity index (χ2n) is 10.1. The zero-order valence-corrected chi connectivity index (χ0v) is 25.2. The molecule has 0 saturated heterocycles. The number of carbonyl (C=O) groups is 2. The SMILES string of the molecule is CC[C@H](C)NC(=O)[C@H](C)N(Cc1ccccc1F)C(=O)CN(c1cc(C)ccc1OC)S(=O)(=O)c1ccc(C)cc1. The first kappa shape index (κ1) is 31.6. The van der Waals surface area contributed by atoms with Crippen molar-refractivity contribution in [2.75, 3.05) is 18.0 Å². The molecule has 0 aliphatic carbocycles. The van der Waals surface area contributed by atoms with E-state index in [1.165, 1.54) is 42.3 Å². The summed E-state index contributed by atoms with van der Waals surface area (Å²) in [6.45, 7) is 8.06. The van der Waals surface area contributed by atoms with E-state index in [0.717, 1.165) is 15.4 Å². The van der Waals surface area contributed by atoms with Crippen molar-refractivity contribution in [2.24, 2.45) is 0 Å². The fraction of sp³-hybridized carbons (Fsp3) is 0.355. The summed E-state index contributed by atoms with van der Waals surface area (Å²) in [6.07, 6.45) is 0.676. The molecule has 1 N–H and O–H groups in total. The molecule has 0 bridgehead atoms. The predicted octanol–water partition coefficient (Wildman–Crippen LogP) is 4.98. The number of ether oxygens (including phenoxy) is 1. The number of benzene rings is 3. The third kappa shape index (κ3) is 7.64. The maximum atomic E-state index is 14.7. The molecule has 3 aromatic carbocycles. The van der Waals surface area contributed by atoms with Crippen molar-refractivity contribution in [2.45, 2.75) is 64.6 Å². The number of methoxy groups -OCH3 is 1. The Morgan fingerprint density at radius 2 is 1.61 bits per heavy atom. The van der Waals surface area contributed by atoms with Crippen LogP contribution in [0.25, 0.3) is 0 Å². The number of hydrogen-bond acceptors (Lipinski definition) is 5. The number of sulfonamides is 1. The van der Waals surface area contributed by atoms with Gasteiger partial charge >= 0.3 is 0 Å². The third-order valence-corrected chi connectivity index (χ3v) is 8.73. The standard InChI is InChI=1S/C31H38FN3O5S/c1-7-23(4)33-31(37)24(5)34(19-25-10-8-9-11-27(25)32)30(36)20-35(28-18-22(3)14-17-29(28)40-6)41(38,39)26-15-12-21(2)13-16-26/h8-18,23-24H,7,19-20H2,1-6H3,(H,33,37)/t23-,24-/m0/s1. The molecule has 0 spiro atoms. The molecule has 2 atom stereocenters. The second-order valence-corrected chi connectivity index (χ2v) is 12.0. The Hall–Kier alpha value is -3.92. The van der Waals surface area contributed by atoms with Crippen molar-refractivity contribution in [1.82, 2.24) is 10.2 Å². The molecule has 8 nitrogen and oxygen atoms in total. The van der Waals surface area contributed by atoms with Gasteiger partial charge in [0.05, 0.1) is 17.7 Å². The van der Waals surface area contributed by atoms with Gasteiger partial charge in [0.2, 0.25) is 11.8 Å². The van der Waals surface area contributed by atoms with E-state index in [4.69, 9.17) is 4.74 Å². The molecule has 10 heteroatoms. The second kappa shape index (κ2) is 13.6. The van der Waals surface area contributed by atoms with Crippen LogP contribution in [-0.2, 0) is 26.2 Å². The van der Waals surface area contributed by atoms with Gasteiger partial charge in [0.1, 0.15) is 24.2 Å². The summed E-state index contributed by atoms with van der Waals surface area (Å²) in [6, 6.07) is 16.1. The Morgan fingerprint density at radius 1 is 0.976 bits per heavy atom. The van der Waals surface area contributed by atoms with Crippen LogP contribution >= 0.6 is 0 Å². The van der Waals surface area contributed by atoms with Gasteiger partial charge in [-0.15, -0.1) is 0 Å². The summed E-state index contributed by atoms with van der Waals surface area (Å²) in [4.78, 5) is 28.4. The van der Waals surface area contributed by atoms with E-state index in [2.05, 4.69) is 5.32 Å². The minimum absolute atomic E-state index is 0.0114. The fourth-order valence-electron chi connectivity index (χ4n) is 4.20. The van der Waals surface area contributed by atoms with Crippen LogP contribution in [0.5, 0.6) is 5.75 Å². The average Bonchev–Trinajstić information content (AvgIpc) is 2.95. The molecule has 0 heterocycles. The van der Waals surface area contributed by atoms with Gasteiger partial charge in [0.25, 0.3) is 10.0 Å². The molecule has 0 saturated carbocycles. The lowest BCUT2D eigenvalue weighted by molar-refractivity contribution is -0.139. The monoisotopic (exact) mass is 583 g/mol. The summed E-state index contributed by atoms with van der Waals surface area (Å²) < 4.78 is 49.2. The Labute approximate surface area is 242 Å². The zero-order valence-electron chi connectivity index (χ0n) is 24.3. The fourth-order valence-corrected chi connectivity index (χ4v) is 5.62. The molecule has 0 aliphatic rings. The van der Waals surface area contributed by atoms with Crippen LogP contribution in [0.15, 0.2) is 71.6 Å². The first-order chi connectivity index (χ1) is 19.4. The van der Waals surface area contributed by atoms with Crippen molar-refractivity contribution >= 4 is 27.5 Å². The number of hydrogen-bond donors (Lipinski definition) is 1. The van der Waals surface area contributed by atoms with Crippen molar-refractivity contribution in [3.05, 3.63) is 89.2 Å². The molecule has 0 aliphatic heterocycles. The lowest BCUT2D eigenvalue weighted by Gasteiger charge is -2.33. The Kier molecular flexibility index (Phi) is 10.5.